The van der Waals surface area contributed by atoms with Gasteiger partial charge in [-0.25, -0.2) is 0 Å². The Labute approximate surface area is 117 Å². The minimum Gasteiger partial charge on any atom is -0.0654 e. The minimum absolute atomic E-state index is 0.742. The Morgan fingerprint density at radius 2 is 1.42 bits per heavy atom. The molecule has 102 valence electrons. The zero-order chi connectivity index (χ0) is 13.5. The maximum absolute atomic E-state index is 2.35. The van der Waals surface area contributed by atoms with Crippen molar-refractivity contribution in [2.24, 2.45) is 0 Å². The van der Waals surface area contributed by atoms with Gasteiger partial charge in [0, 0.05) is 0 Å². The molecular weight excluding hydrogens is 228 g/mol. The number of hydrogen-bond donors (Lipinski definition) is 0. The quantitative estimate of drug-likeness (QED) is 0.543. The van der Waals surface area contributed by atoms with E-state index in [1.165, 1.54) is 49.3 Å². The first-order chi connectivity index (χ1) is 9.36. The molecular formula is C19H26. The Hall–Kier alpha value is -1.30. The lowest BCUT2D eigenvalue weighted by Gasteiger charge is -2.19. The Morgan fingerprint density at radius 3 is 2.11 bits per heavy atom. The summed E-state index contributed by atoms with van der Waals surface area (Å²) in [6.45, 7) is 4.58. The lowest BCUT2D eigenvalue weighted by atomic mass is 9.86. The molecule has 0 heteroatoms. The second kappa shape index (κ2) is 7.33. The highest BCUT2D eigenvalue weighted by atomic mass is 14.2. The largest absolute Gasteiger partial charge is 0.0654 e. The molecule has 0 saturated heterocycles. The molecule has 0 saturated carbocycles. The molecule has 0 aliphatic heterocycles. The Kier molecular flexibility index (Phi) is 5.44. The van der Waals surface area contributed by atoms with Crippen molar-refractivity contribution in [1.82, 2.24) is 0 Å². The number of unbranched alkanes of at least 4 members (excludes halogenated alkanes) is 2. The van der Waals surface area contributed by atoms with Gasteiger partial charge < -0.3 is 0 Å². The van der Waals surface area contributed by atoms with Crippen LogP contribution in [0.25, 0.3) is 10.8 Å². The van der Waals surface area contributed by atoms with Crippen LogP contribution in [0.4, 0.5) is 0 Å². The van der Waals surface area contributed by atoms with Crippen LogP contribution in [-0.2, 0) is 0 Å². The number of fused-ring (bicyclic) bond motifs is 1. The predicted octanol–water partition coefficient (Wildman–Crippen LogP) is 6.30. The molecule has 0 N–H and O–H groups in total. The maximum Gasteiger partial charge on any atom is -0.0149 e. The van der Waals surface area contributed by atoms with Crippen molar-refractivity contribution in [2.75, 3.05) is 0 Å². The normalized spacial score (nSPS) is 11.3. The summed E-state index contributed by atoms with van der Waals surface area (Å²) in [6, 6.07) is 15.6. The third kappa shape index (κ3) is 3.59. The maximum atomic E-state index is 2.35. The molecule has 19 heavy (non-hydrogen) atoms. The zero-order valence-corrected chi connectivity index (χ0v) is 12.4. The molecule has 2 aromatic carbocycles. The first-order valence-corrected chi connectivity index (χ1v) is 7.84. The summed E-state index contributed by atoms with van der Waals surface area (Å²) in [4.78, 5) is 0. The SMILES string of the molecule is CCCCC(CCCC)c1cccc2ccccc12. The average Bonchev–Trinajstić information content (AvgIpc) is 2.47. The first-order valence-electron chi connectivity index (χ1n) is 7.84. The van der Waals surface area contributed by atoms with Crippen molar-refractivity contribution in [3.63, 3.8) is 0 Å². The van der Waals surface area contributed by atoms with Crippen molar-refractivity contribution >= 4 is 10.8 Å². The molecule has 0 aliphatic rings. The topological polar surface area (TPSA) is 0 Å². The van der Waals surface area contributed by atoms with E-state index in [-0.39, 0.29) is 0 Å². The van der Waals surface area contributed by atoms with E-state index in [4.69, 9.17) is 0 Å². The van der Waals surface area contributed by atoms with E-state index in [2.05, 4.69) is 56.3 Å². The van der Waals surface area contributed by atoms with E-state index in [1.54, 1.807) is 5.56 Å². The third-order valence-corrected chi connectivity index (χ3v) is 4.08. The molecule has 0 heterocycles. The fourth-order valence-corrected chi connectivity index (χ4v) is 2.96. The highest BCUT2D eigenvalue weighted by Gasteiger charge is 2.13. The van der Waals surface area contributed by atoms with Gasteiger partial charge in [-0.1, -0.05) is 82.0 Å². The van der Waals surface area contributed by atoms with E-state index < -0.39 is 0 Å². The van der Waals surface area contributed by atoms with Crippen molar-refractivity contribution in [1.29, 1.82) is 0 Å². The summed E-state index contributed by atoms with van der Waals surface area (Å²) >= 11 is 0. The summed E-state index contributed by atoms with van der Waals surface area (Å²) in [5, 5.41) is 2.85. The lowest BCUT2D eigenvalue weighted by molar-refractivity contribution is 0.527. The summed E-state index contributed by atoms with van der Waals surface area (Å²) in [7, 11) is 0. The van der Waals surface area contributed by atoms with Crippen molar-refractivity contribution in [3.8, 4) is 0 Å². The van der Waals surface area contributed by atoms with E-state index >= 15 is 0 Å². The van der Waals surface area contributed by atoms with Gasteiger partial charge in [0.15, 0.2) is 0 Å². The molecule has 0 atom stereocenters. The second-order valence-corrected chi connectivity index (χ2v) is 5.55. The fraction of sp³-hybridized carbons (Fsp3) is 0.474. The first kappa shape index (κ1) is 14.1. The van der Waals surface area contributed by atoms with E-state index in [1.807, 2.05) is 0 Å². The minimum atomic E-state index is 0.742. The number of benzene rings is 2. The van der Waals surface area contributed by atoms with Crippen LogP contribution in [0.1, 0.15) is 63.9 Å². The average molecular weight is 254 g/mol. The Bertz CT molecular complexity index is 485. The summed E-state index contributed by atoms with van der Waals surface area (Å²) < 4.78 is 0. The molecule has 0 aromatic heterocycles. The van der Waals surface area contributed by atoms with Gasteiger partial charge in [-0.2, -0.15) is 0 Å². The zero-order valence-electron chi connectivity index (χ0n) is 12.4. The van der Waals surface area contributed by atoms with Crippen LogP contribution in [-0.4, -0.2) is 0 Å². The highest BCUT2D eigenvalue weighted by molar-refractivity contribution is 5.86. The van der Waals surface area contributed by atoms with Gasteiger partial charge in [0.2, 0.25) is 0 Å². The van der Waals surface area contributed by atoms with Crippen molar-refractivity contribution < 1.29 is 0 Å². The van der Waals surface area contributed by atoms with Gasteiger partial charge in [-0.05, 0) is 35.1 Å². The van der Waals surface area contributed by atoms with Crippen molar-refractivity contribution in [3.05, 3.63) is 48.0 Å². The van der Waals surface area contributed by atoms with Crippen LogP contribution in [0, 0.1) is 0 Å². The van der Waals surface area contributed by atoms with E-state index in [0.717, 1.165) is 5.92 Å². The summed E-state index contributed by atoms with van der Waals surface area (Å²) in [5.74, 6) is 0.742. The highest BCUT2D eigenvalue weighted by Crippen LogP contribution is 2.32. The van der Waals surface area contributed by atoms with Crippen LogP contribution < -0.4 is 0 Å². The lowest BCUT2D eigenvalue weighted by Crippen LogP contribution is -2.00. The standard InChI is InChI=1S/C19H26/c1-3-5-10-16(11-6-4-2)19-15-9-13-17-12-7-8-14-18(17)19/h7-9,12-16H,3-6,10-11H2,1-2H3. The molecule has 0 unspecified atom stereocenters. The molecule has 0 radical (unpaired) electrons. The monoisotopic (exact) mass is 254 g/mol. The number of rotatable bonds is 7. The Balaban J connectivity index is 2.31. The van der Waals surface area contributed by atoms with Crippen LogP contribution >= 0.6 is 0 Å². The predicted molar refractivity (Wildman–Crippen MR) is 85.7 cm³/mol. The van der Waals surface area contributed by atoms with Gasteiger partial charge in [0.25, 0.3) is 0 Å². The molecule has 0 bridgehead atoms. The molecule has 2 aromatic rings. The molecule has 0 nitrogen and oxygen atoms in total. The van der Waals surface area contributed by atoms with E-state index in [0.29, 0.717) is 0 Å². The Morgan fingerprint density at radius 1 is 0.789 bits per heavy atom. The van der Waals surface area contributed by atoms with Gasteiger partial charge in [0.1, 0.15) is 0 Å². The van der Waals surface area contributed by atoms with Crippen molar-refractivity contribution in [2.45, 2.75) is 58.3 Å². The van der Waals surface area contributed by atoms with Crippen LogP contribution in [0.5, 0.6) is 0 Å². The fourth-order valence-electron chi connectivity index (χ4n) is 2.96. The van der Waals surface area contributed by atoms with Gasteiger partial charge in [-0.15, -0.1) is 0 Å². The number of hydrogen-bond acceptors (Lipinski definition) is 0. The molecule has 0 fully saturated rings. The smallest absolute Gasteiger partial charge is 0.0149 e. The molecule has 0 amide bonds. The second-order valence-electron chi connectivity index (χ2n) is 5.55. The molecule has 0 spiro atoms. The van der Waals surface area contributed by atoms with Crippen LogP contribution in [0.3, 0.4) is 0 Å². The van der Waals surface area contributed by atoms with Crippen LogP contribution in [0.2, 0.25) is 0 Å². The van der Waals surface area contributed by atoms with Gasteiger partial charge >= 0.3 is 0 Å². The van der Waals surface area contributed by atoms with Gasteiger partial charge in [-0.3, -0.25) is 0 Å². The summed E-state index contributed by atoms with van der Waals surface area (Å²) in [5.41, 5.74) is 1.57. The van der Waals surface area contributed by atoms with Gasteiger partial charge in [0.05, 0.1) is 0 Å². The molecule has 0 aliphatic carbocycles. The summed E-state index contributed by atoms with van der Waals surface area (Å²) in [6.07, 6.45) is 7.96. The third-order valence-electron chi connectivity index (χ3n) is 4.08. The van der Waals surface area contributed by atoms with Crippen LogP contribution in [0.15, 0.2) is 42.5 Å². The van der Waals surface area contributed by atoms with E-state index in [9.17, 15) is 0 Å². The molecule has 2 rings (SSSR count).